The van der Waals surface area contributed by atoms with Gasteiger partial charge in [-0.3, -0.25) is 4.79 Å². The highest BCUT2D eigenvalue weighted by Crippen LogP contribution is 2.45. The van der Waals surface area contributed by atoms with Crippen molar-refractivity contribution in [1.29, 1.82) is 4.78 Å². The van der Waals surface area contributed by atoms with E-state index in [1.165, 1.54) is 40.9 Å². The van der Waals surface area contributed by atoms with Gasteiger partial charge in [0.2, 0.25) is 0 Å². The van der Waals surface area contributed by atoms with Crippen LogP contribution in [0.3, 0.4) is 0 Å². The minimum Gasteiger partial charge on any atom is -0.379 e. The quantitative estimate of drug-likeness (QED) is 0.620. The van der Waals surface area contributed by atoms with Gasteiger partial charge < -0.3 is 9.84 Å². The van der Waals surface area contributed by atoms with Crippen LogP contribution in [-0.2, 0) is 44.1 Å². The molecule has 2 aromatic rings. The van der Waals surface area contributed by atoms with Crippen LogP contribution in [0.25, 0.3) is 0 Å². The van der Waals surface area contributed by atoms with Gasteiger partial charge in [-0.1, -0.05) is 19.1 Å². The van der Waals surface area contributed by atoms with Gasteiger partial charge in [0.15, 0.2) is 5.78 Å². The van der Waals surface area contributed by atoms with Crippen LogP contribution in [-0.4, -0.2) is 34.1 Å². The molecule has 0 spiro atoms. The molecule has 3 aliphatic rings. The summed E-state index contributed by atoms with van der Waals surface area (Å²) in [5.41, 5.74) is 4.04. The zero-order valence-electron chi connectivity index (χ0n) is 17.8. The van der Waals surface area contributed by atoms with Crippen molar-refractivity contribution >= 4 is 26.8 Å². The molecule has 0 bridgehead atoms. The lowest BCUT2D eigenvalue weighted by Crippen LogP contribution is -2.45. The lowest BCUT2D eigenvalue weighted by molar-refractivity contribution is -0.182. The Morgan fingerprint density at radius 1 is 1.29 bits per heavy atom. The van der Waals surface area contributed by atoms with Gasteiger partial charge in [0, 0.05) is 11.3 Å². The number of aryl methyl sites for hydroxylation is 1. The first-order valence-electron chi connectivity index (χ1n) is 11.1. The van der Waals surface area contributed by atoms with E-state index in [1.54, 1.807) is 12.1 Å². The van der Waals surface area contributed by atoms with Gasteiger partial charge in [-0.15, -0.1) is 11.3 Å². The number of carbonyl (C=O) groups is 1. The van der Waals surface area contributed by atoms with E-state index in [4.69, 9.17) is 9.52 Å². The van der Waals surface area contributed by atoms with Crippen molar-refractivity contribution in [2.75, 3.05) is 19.0 Å². The molecule has 1 saturated carbocycles. The first kappa shape index (κ1) is 21.3. The van der Waals surface area contributed by atoms with Crippen LogP contribution in [0.1, 0.15) is 59.2 Å². The zero-order valence-corrected chi connectivity index (χ0v) is 19.4. The molecule has 5 nitrogen and oxygen atoms in total. The van der Waals surface area contributed by atoms with Gasteiger partial charge in [0.25, 0.3) is 0 Å². The molecule has 31 heavy (non-hydrogen) atoms. The fourth-order valence-electron chi connectivity index (χ4n) is 4.98. The van der Waals surface area contributed by atoms with E-state index in [2.05, 4.69) is 19.1 Å². The molecular formula is C24H29NO4S2. The second-order valence-corrected chi connectivity index (χ2v) is 12.8. The topological polar surface area (TPSA) is 87.5 Å². The predicted octanol–water partition coefficient (Wildman–Crippen LogP) is 4.19. The Balaban J connectivity index is 1.36. The number of aliphatic hydroxyl groups is 1. The largest absolute Gasteiger partial charge is 0.379 e. The van der Waals surface area contributed by atoms with Gasteiger partial charge in [-0.2, -0.15) is 0 Å². The van der Waals surface area contributed by atoms with Crippen molar-refractivity contribution < 1.29 is 18.8 Å². The lowest BCUT2D eigenvalue weighted by Gasteiger charge is -2.35. The van der Waals surface area contributed by atoms with Crippen LogP contribution >= 0.6 is 11.3 Å². The molecule has 2 N–H and O–H groups in total. The molecule has 1 aliphatic heterocycles. The Morgan fingerprint density at radius 3 is 2.74 bits per heavy atom. The van der Waals surface area contributed by atoms with Crippen molar-refractivity contribution in [3.05, 3.63) is 51.4 Å². The number of thiophene rings is 1. The smallest absolute Gasteiger partial charge is 0.151 e. The maximum Gasteiger partial charge on any atom is 0.151 e. The molecule has 0 amide bonds. The monoisotopic (exact) mass is 459 g/mol. The molecule has 1 saturated heterocycles. The van der Waals surface area contributed by atoms with E-state index in [0.717, 1.165) is 24.8 Å². The Hall–Kier alpha value is -1.54. The number of nitrogens with one attached hydrogen (secondary N) is 1. The number of ketones is 1. The number of benzene rings is 1. The molecule has 166 valence electrons. The number of carbonyl (C=O) groups excluding carboxylic acids is 1. The summed E-state index contributed by atoms with van der Waals surface area (Å²) in [5.74, 6) is 0.743. The third-order valence-electron chi connectivity index (χ3n) is 7.04. The maximum atomic E-state index is 13.1. The molecular weight excluding hydrogens is 430 g/mol. The number of hydrogen-bond donors (Lipinski definition) is 2. The van der Waals surface area contributed by atoms with E-state index < -0.39 is 15.3 Å². The second kappa shape index (κ2) is 7.80. The Morgan fingerprint density at radius 2 is 2.06 bits per heavy atom. The van der Waals surface area contributed by atoms with Crippen molar-refractivity contribution in [2.45, 2.75) is 61.2 Å². The van der Waals surface area contributed by atoms with Gasteiger partial charge in [-0.25, -0.2) is 8.99 Å². The van der Waals surface area contributed by atoms with Crippen LogP contribution < -0.4 is 0 Å². The molecule has 2 fully saturated rings. The summed E-state index contributed by atoms with van der Waals surface area (Å²) in [7, 11) is -3.24. The van der Waals surface area contributed by atoms with Crippen molar-refractivity contribution in [1.82, 2.24) is 0 Å². The first-order valence-corrected chi connectivity index (χ1v) is 13.6. The van der Waals surface area contributed by atoms with Crippen LogP contribution in [0.4, 0.5) is 0 Å². The summed E-state index contributed by atoms with van der Waals surface area (Å²) < 4.78 is 27.0. The van der Waals surface area contributed by atoms with Crippen LogP contribution in [0.2, 0.25) is 0 Å². The molecule has 7 heteroatoms. The van der Waals surface area contributed by atoms with Gasteiger partial charge in [-0.05, 0) is 78.3 Å². The average Bonchev–Trinajstić information content (AvgIpc) is 3.22. The summed E-state index contributed by atoms with van der Waals surface area (Å²) in [5, 5.41) is 10.4. The van der Waals surface area contributed by atoms with Gasteiger partial charge in [0.05, 0.1) is 28.7 Å². The minimum absolute atomic E-state index is 0.134. The minimum atomic E-state index is -3.24. The van der Waals surface area contributed by atoms with Crippen LogP contribution in [0, 0.1) is 10.7 Å². The van der Waals surface area contributed by atoms with Crippen molar-refractivity contribution in [3.63, 3.8) is 0 Å². The highest BCUT2D eigenvalue weighted by atomic mass is 32.2. The number of Topliss-reactive ketones (excluding diaryl/α,β-unsaturated/α-hetero) is 1. The van der Waals surface area contributed by atoms with Crippen LogP contribution in [0.5, 0.6) is 0 Å². The second-order valence-electron chi connectivity index (χ2n) is 9.43. The summed E-state index contributed by atoms with van der Waals surface area (Å²) in [6.45, 7) is 2.69. The predicted molar refractivity (Wildman–Crippen MR) is 121 cm³/mol. The molecule has 2 atom stereocenters. The summed E-state index contributed by atoms with van der Waals surface area (Å²) >= 11 is 1.17. The van der Waals surface area contributed by atoms with Crippen molar-refractivity contribution in [2.24, 2.45) is 5.92 Å². The molecule has 2 aliphatic carbocycles. The van der Waals surface area contributed by atoms with Gasteiger partial charge >= 0.3 is 0 Å². The van der Waals surface area contributed by atoms with E-state index >= 15 is 0 Å². The van der Waals surface area contributed by atoms with E-state index in [0.29, 0.717) is 20.9 Å². The summed E-state index contributed by atoms with van der Waals surface area (Å²) in [4.78, 5) is 13.7. The third-order valence-corrected chi connectivity index (χ3v) is 10.7. The fourth-order valence-corrected chi connectivity index (χ4v) is 7.74. The summed E-state index contributed by atoms with van der Waals surface area (Å²) in [6.07, 6.45) is 5.97. The molecule has 0 unspecified atom stereocenters. The zero-order chi connectivity index (χ0) is 21.8. The van der Waals surface area contributed by atoms with E-state index in [9.17, 15) is 14.1 Å². The highest BCUT2D eigenvalue weighted by Gasteiger charge is 2.40. The number of hydrogen-bond acceptors (Lipinski definition) is 6. The van der Waals surface area contributed by atoms with E-state index in [-0.39, 0.29) is 31.2 Å². The highest BCUT2D eigenvalue weighted by molar-refractivity contribution is 7.95. The average molecular weight is 460 g/mol. The maximum absolute atomic E-state index is 13.1. The van der Waals surface area contributed by atoms with Crippen LogP contribution in [0.15, 0.2) is 28.5 Å². The Labute approximate surface area is 187 Å². The summed E-state index contributed by atoms with van der Waals surface area (Å²) in [6, 6.07) is 7.78. The first-order chi connectivity index (χ1) is 14.8. The normalized spacial score (nSPS) is 22.4. The lowest BCUT2D eigenvalue weighted by atomic mass is 9.86. The van der Waals surface area contributed by atoms with Gasteiger partial charge in [0.1, 0.15) is 9.81 Å². The Bertz CT molecular complexity index is 1130. The standard InChI is InChI=1S/C24H29NO4S2/c1-15(16-5-6-16)19-8-7-17-3-2-4-20(17)21(19)11-18(26)12-31(25,28)23-10-9-22(30-23)24(27)13-29-14-24/h7-10,15-16,25,27H,2-6,11-14H2,1H3/t15-,31+/m1/s1. The fraction of sp³-hybridized carbons (Fsp3) is 0.542. The Kier molecular flexibility index (Phi) is 5.36. The molecule has 1 aromatic heterocycles. The number of fused-ring (bicyclic) bond motifs is 1. The van der Waals surface area contributed by atoms with Crippen molar-refractivity contribution in [3.8, 4) is 0 Å². The molecule has 0 radical (unpaired) electrons. The molecule has 5 rings (SSSR count). The van der Waals surface area contributed by atoms with E-state index in [1.807, 2.05) is 0 Å². The number of rotatable bonds is 8. The molecule has 2 heterocycles. The number of ether oxygens (including phenoxy) is 1. The molecule has 1 aromatic carbocycles. The SMILES string of the molecule is C[C@@H](c1ccc2c(c1CC(=O)C[S@](=N)(=O)c1ccc(C3(O)COC3)s1)CCC2)C1CC1. The third kappa shape index (κ3) is 4.01.